The van der Waals surface area contributed by atoms with Crippen molar-refractivity contribution in [1.29, 1.82) is 0 Å². The number of anilines is 1. The molecule has 1 amide bonds. The molecule has 4 rings (SSSR count). The number of carbonyl (C=O) groups is 1. The lowest BCUT2D eigenvalue weighted by Crippen LogP contribution is -2.16. The molecular weight excluding hydrogens is 421 g/mol. The Morgan fingerprint density at radius 1 is 1.06 bits per heavy atom. The van der Waals surface area contributed by atoms with Crippen molar-refractivity contribution in [2.75, 3.05) is 12.4 Å². The van der Waals surface area contributed by atoms with Gasteiger partial charge in [0.15, 0.2) is 17.0 Å². The maximum atomic E-state index is 13.8. The molecule has 9 heteroatoms. The van der Waals surface area contributed by atoms with Gasteiger partial charge in [-0.25, -0.2) is 9.50 Å². The molecule has 0 atom stereocenters. The second kappa shape index (κ2) is 7.99. The van der Waals surface area contributed by atoms with E-state index in [2.05, 4.69) is 15.4 Å². The number of amides is 1. The van der Waals surface area contributed by atoms with Gasteiger partial charge in [0.25, 0.3) is 5.91 Å². The zero-order valence-electron chi connectivity index (χ0n) is 17.5. The normalized spacial score (nSPS) is 11.6. The Hall–Kier alpha value is -3.88. The van der Waals surface area contributed by atoms with E-state index < -0.39 is 17.8 Å². The van der Waals surface area contributed by atoms with Crippen LogP contribution in [0.1, 0.15) is 27.3 Å². The highest BCUT2D eigenvalue weighted by atomic mass is 19.4. The van der Waals surface area contributed by atoms with Crippen molar-refractivity contribution in [3.63, 3.8) is 0 Å². The molecule has 2 heterocycles. The Morgan fingerprint density at radius 3 is 2.44 bits per heavy atom. The fourth-order valence-electron chi connectivity index (χ4n) is 3.27. The third-order valence-corrected chi connectivity index (χ3v) is 5.19. The van der Waals surface area contributed by atoms with Crippen LogP contribution < -0.4 is 10.1 Å². The number of methoxy groups -OCH3 is 1. The summed E-state index contributed by atoms with van der Waals surface area (Å²) in [5.74, 6) is -0.0519. The maximum absolute atomic E-state index is 13.8. The SMILES string of the molecule is COc1ccc(-c2cc(C(F)(F)F)n3nc(C(=O)Nc4cccc(C)c4C)cc3n2)cc1. The predicted molar refractivity (Wildman–Crippen MR) is 114 cm³/mol. The van der Waals surface area contributed by atoms with Crippen molar-refractivity contribution in [3.8, 4) is 17.0 Å². The minimum atomic E-state index is -4.70. The second-order valence-corrected chi connectivity index (χ2v) is 7.25. The van der Waals surface area contributed by atoms with Gasteiger partial charge in [0.2, 0.25) is 0 Å². The first-order valence-corrected chi connectivity index (χ1v) is 9.67. The summed E-state index contributed by atoms with van der Waals surface area (Å²) < 4.78 is 47.1. The first kappa shape index (κ1) is 21.4. The molecule has 0 aliphatic heterocycles. The molecule has 0 aliphatic carbocycles. The van der Waals surface area contributed by atoms with Crippen LogP contribution in [0, 0.1) is 13.8 Å². The number of alkyl halides is 3. The number of aryl methyl sites for hydroxylation is 1. The summed E-state index contributed by atoms with van der Waals surface area (Å²) in [6.45, 7) is 3.75. The summed E-state index contributed by atoms with van der Waals surface area (Å²) in [7, 11) is 1.50. The van der Waals surface area contributed by atoms with Crippen molar-refractivity contribution < 1.29 is 22.7 Å². The number of aromatic nitrogens is 3. The van der Waals surface area contributed by atoms with Gasteiger partial charge in [-0.3, -0.25) is 4.79 Å². The number of benzene rings is 2. The number of halogens is 3. The minimum absolute atomic E-state index is 0.0863. The Morgan fingerprint density at radius 2 is 1.78 bits per heavy atom. The fraction of sp³-hybridized carbons (Fsp3) is 0.174. The van der Waals surface area contributed by atoms with Gasteiger partial charge in [0.05, 0.1) is 12.8 Å². The highest BCUT2D eigenvalue weighted by Gasteiger charge is 2.35. The summed E-state index contributed by atoms with van der Waals surface area (Å²) in [6, 6.07) is 14.0. The number of rotatable bonds is 4. The number of nitrogens with one attached hydrogen (secondary N) is 1. The van der Waals surface area contributed by atoms with E-state index in [-0.39, 0.29) is 17.0 Å². The van der Waals surface area contributed by atoms with E-state index in [4.69, 9.17) is 4.74 Å². The molecule has 0 bridgehead atoms. The van der Waals surface area contributed by atoms with Crippen LogP contribution in [0.2, 0.25) is 0 Å². The third-order valence-electron chi connectivity index (χ3n) is 5.19. The van der Waals surface area contributed by atoms with Crippen LogP contribution in [-0.2, 0) is 6.18 Å². The molecule has 2 aromatic carbocycles. The largest absolute Gasteiger partial charge is 0.497 e. The average Bonchev–Trinajstić information content (AvgIpc) is 3.20. The fourth-order valence-corrected chi connectivity index (χ4v) is 3.27. The summed E-state index contributed by atoms with van der Waals surface area (Å²) in [5.41, 5.74) is 1.69. The molecule has 6 nitrogen and oxygen atoms in total. The topological polar surface area (TPSA) is 68.5 Å². The van der Waals surface area contributed by atoms with Gasteiger partial charge in [0, 0.05) is 17.3 Å². The number of hydrogen-bond donors (Lipinski definition) is 1. The summed E-state index contributed by atoms with van der Waals surface area (Å²) in [6.07, 6.45) is -4.70. The highest BCUT2D eigenvalue weighted by Crippen LogP contribution is 2.33. The van der Waals surface area contributed by atoms with Crippen LogP contribution in [0.3, 0.4) is 0 Å². The third kappa shape index (κ3) is 4.01. The van der Waals surface area contributed by atoms with Crippen molar-refractivity contribution in [3.05, 3.63) is 77.1 Å². The van der Waals surface area contributed by atoms with E-state index in [1.165, 1.54) is 13.2 Å². The van der Waals surface area contributed by atoms with Crippen LogP contribution in [0.25, 0.3) is 16.9 Å². The lowest BCUT2D eigenvalue weighted by molar-refractivity contribution is -0.142. The molecule has 0 saturated heterocycles. The van der Waals surface area contributed by atoms with Gasteiger partial charge in [-0.1, -0.05) is 12.1 Å². The van der Waals surface area contributed by atoms with Gasteiger partial charge in [-0.15, -0.1) is 0 Å². The second-order valence-electron chi connectivity index (χ2n) is 7.25. The zero-order valence-corrected chi connectivity index (χ0v) is 17.5. The molecule has 32 heavy (non-hydrogen) atoms. The van der Waals surface area contributed by atoms with Crippen LogP contribution in [0.4, 0.5) is 18.9 Å². The molecule has 0 aliphatic rings. The molecule has 0 saturated carbocycles. The Labute approximate surface area is 181 Å². The van der Waals surface area contributed by atoms with E-state index in [9.17, 15) is 18.0 Å². The van der Waals surface area contributed by atoms with Crippen molar-refractivity contribution in [2.45, 2.75) is 20.0 Å². The van der Waals surface area contributed by atoms with Crippen LogP contribution in [0.15, 0.2) is 54.6 Å². The quantitative estimate of drug-likeness (QED) is 0.468. The smallest absolute Gasteiger partial charge is 0.433 e. The molecule has 0 unspecified atom stereocenters. The Kier molecular flexibility index (Phi) is 5.33. The summed E-state index contributed by atoms with van der Waals surface area (Å²) in [5, 5.41) is 6.60. The van der Waals surface area contributed by atoms with Gasteiger partial charge in [-0.05, 0) is 61.4 Å². The standard InChI is InChI=1S/C23H19F3N4O2/c1-13-5-4-6-17(14(13)2)28-22(31)19-12-21-27-18(15-7-9-16(32-3)10-8-15)11-20(23(24,25)26)30(21)29-19/h4-12H,1-3H3,(H,28,31). The number of hydrogen-bond acceptors (Lipinski definition) is 4. The summed E-state index contributed by atoms with van der Waals surface area (Å²) in [4.78, 5) is 17.0. The number of nitrogens with zero attached hydrogens (tertiary/aromatic N) is 3. The predicted octanol–water partition coefficient (Wildman–Crippen LogP) is 5.29. The number of ether oxygens (including phenoxy) is 1. The minimum Gasteiger partial charge on any atom is -0.497 e. The lowest BCUT2D eigenvalue weighted by Gasteiger charge is -2.11. The van der Waals surface area contributed by atoms with E-state index in [1.54, 1.807) is 36.4 Å². The van der Waals surface area contributed by atoms with Crippen molar-refractivity contribution in [2.24, 2.45) is 0 Å². The monoisotopic (exact) mass is 440 g/mol. The zero-order chi connectivity index (χ0) is 23.0. The van der Waals surface area contributed by atoms with E-state index in [0.29, 0.717) is 21.5 Å². The highest BCUT2D eigenvalue weighted by molar-refractivity contribution is 6.04. The van der Waals surface area contributed by atoms with Crippen molar-refractivity contribution in [1.82, 2.24) is 14.6 Å². The molecule has 2 aromatic heterocycles. The maximum Gasteiger partial charge on any atom is 0.433 e. The van der Waals surface area contributed by atoms with Gasteiger partial charge >= 0.3 is 6.18 Å². The van der Waals surface area contributed by atoms with Crippen LogP contribution in [-0.4, -0.2) is 27.6 Å². The molecule has 0 fully saturated rings. The first-order chi connectivity index (χ1) is 15.2. The van der Waals surface area contributed by atoms with Crippen LogP contribution >= 0.6 is 0 Å². The Balaban J connectivity index is 1.78. The molecule has 0 radical (unpaired) electrons. The molecule has 4 aromatic rings. The number of fused-ring (bicyclic) bond motifs is 1. The van der Waals surface area contributed by atoms with Gasteiger partial charge in [-0.2, -0.15) is 18.3 Å². The first-order valence-electron chi connectivity index (χ1n) is 9.67. The molecule has 1 N–H and O–H groups in total. The van der Waals surface area contributed by atoms with Gasteiger partial charge in [0.1, 0.15) is 5.75 Å². The Bertz CT molecular complexity index is 1310. The van der Waals surface area contributed by atoms with E-state index in [1.807, 2.05) is 19.9 Å². The van der Waals surface area contributed by atoms with Gasteiger partial charge < -0.3 is 10.1 Å². The van der Waals surface area contributed by atoms with Crippen LogP contribution in [0.5, 0.6) is 5.75 Å². The molecular formula is C23H19F3N4O2. The average molecular weight is 440 g/mol. The van der Waals surface area contributed by atoms with E-state index >= 15 is 0 Å². The van der Waals surface area contributed by atoms with E-state index in [0.717, 1.165) is 17.2 Å². The lowest BCUT2D eigenvalue weighted by atomic mass is 10.1. The number of carbonyl (C=O) groups excluding carboxylic acids is 1. The molecule has 164 valence electrons. The van der Waals surface area contributed by atoms with Crippen molar-refractivity contribution >= 4 is 17.2 Å². The summed E-state index contributed by atoms with van der Waals surface area (Å²) >= 11 is 0. The molecule has 0 spiro atoms.